The third kappa shape index (κ3) is 17.0. The summed E-state index contributed by atoms with van der Waals surface area (Å²) in [6.45, 7) is 20.6. The zero-order valence-corrected chi connectivity index (χ0v) is 60.4. The van der Waals surface area contributed by atoms with Gasteiger partial charge in [-0.3, -0.25) is 14.1 Å². The van der Waals surface area contributed by atoms with E-state index in [9.17, 15) is 47.6 Å². The van der Waals surface area contributed by atoms with Crippen LogP contribution in [0.3, 0.4) is 0 Å². The number of aromatic nitrogens is 5. The lowest BCUT2D eigenvalue weighted by Gasteiger charge is -2.27. The molecule has 36 nitrogen and oxygen atoms in total. The standard InChI is InChI=1S/C65H68N20O13S3.O3S/c1-8-79(9-2)46-32-42(44(34-48(46)95-6)75-77-64-70-55(81-21-27-97-28-22-81)50(99-64)31-38(37-66)84-59(90)41-17-14-18-52(101(92,93)94)54(41)60(84)91)68-61-72-62(74-63(73-61)83(19-25-86)20-26-87)69-43-33-47(80(10-3)11-4)49(96-7)35-45(43)76-78-65-71-56(82-23-29-98-30-24-82)51(100-65)36-53(67-5)85-57(88)39-15-12-13-16-40(39)58(85)89;1-4(2)3/h12-18,31-36,86-87H,8-11,19-30H2,1-4,6-7H3,(H,92,93,94)(H2,68,69,72,73,74);/b38-31+,53-36+,77-75?,78-76?;. The number of rotatable bonds is 28. The second-order valence-electron chi connectivity index (χ2n) is 22.4. The van der Waals surface area contributed by atoms with E-state index < -0.39 is 60.5 Å². The minimum absolute atomic E-state index is 0.0145. The topological polar surface area (TPSA) is 440 Å². The number of hydrogen-bond donors (Lipinski definition) is 5. The molecule has 0 aliphatic carbocycles. The molecule has 0 saturated carbocycles. The number of amides is 4. The molecule has 2 saturated heterocycles. The first-order chi connectivity index (χ1) is 50.6. The van der Waals surface area contributed by atoms with Gasteiger partial charge in [-0.05, 0) is 76.2 Å². The van der Waals surface area contributed by atoms with Gasteiger partial charge >= 0.3 is 22.4 Å². The molecule has 3 aromatic heterocycles. The molecule has 0 bridgehead atoms. The van der Waals surface area contributed by atoms with Crippen molar-refractivity contribution in [3.63, 3.8) is 0 Å². The number of anilines is 9. The van der Waals surface area contributed by atoms with Crippen molar-refractivity contribution in [3.05, 3.63) is 122 Å². The second kappa shape index (κ2) is 34.3. The number of thiazole rings is 2. The highest BCUT2D eigenvalue weighted by molar-refractivity contribution is 7.86. The van der Waals surface area contributed by atoms with E-state index in [1.54, 1.807) is 41.3 Å². The molecule has 4 amide bonds. The highest BCUT2D eigenvalue weighted by atomic mass is 32.2. The molecular weight excluding hydrogens is 1450 g/mol. The van der Waals surface area contributed by atoms with Crippen molar-refractivity contribution in [2.75, 3.05) is 154 Å². The van der Waals surface area contributed by atoms with Gasteiger partial charge in [0.25, 0.3) is 21.9 Å². The molecule has 105 heavy (non-hydrogen) atoms. The summed E-state index contributed by atoms with van der Waals surface area (Å²) in [5.74, 6) is -2.15. The van der Waals surface area contributed by atoms with Crippen molar-refractivity contribution in [1.82, 2.24) is 34.7 Å². The van der Waals surface area contributed by atoms with E-state index in [2.05, 4.69) is 30.6 Å². The maximum absolute atomic E-state index is 13.9. The van der Waals surface area contributed by atoms with Crippen LogP contribution in [0.4, 0.5) is 73.9 Å². The molecule has 4 aliphatic rings. The van der Waals surface area contributed by atoms with Crippen LogP contribution < -0.4 is 44.6 Å². The molecule has 2 fully saturated rings. The van der Waals surface area contributed by atoms with Gasteiger partial charge in [0, 0.05) is 77.6 Å². The van der Waals surface area contributed by atoms with Crippen LogP contribution in [0.1, 0.15) is 78.9 Å². The number of methoxy groups -OCH3 is 2. The Morgan fingerprint density at radius 2 is 1.10 bits per heavy atom. The zero-order valence-electron chi connectivity index (χ0n) is 57.2. The molecule has 4 aromatic carbocycles. The van der Waals surface area contributed by atoms with E-state index in [0.29, 0.717) is 129 Å². The lowest BCUT2D eigenvalue weighted by molar-refractivity contribution is 0.0694. The molecule has 7 heterocycles. The van der Waals surface area contributed by atoms with Crippen LogP contribution in [0.2, 0.25) is 0 Å². The number of benzene rings is 4. The summed E-state index contributed by atoms with van der Waals surface area (Å²) in [6.07, 6.45) is 2.72. The first kappa shape index (κ1) is 76.3. The predicted molar refractivity (Wildman–Crippen MR) is 386 cm³/mol. The number of ether oxygens (including phenoxy) is 4. The molecule has 0 unspecified atom stereocenters. The van der Waals surface area contributed by atoms with Gasteiger partial charge in [-0.25, -0.2) is 14.5 Å². The quantitative estimate of drug-likeness (QED) is 0.0101. The SMILES string of the molecule is O=S(=O)=O.[C-]#[N+]/C(=C\c1sc(N=Nc2cc(OC)c(N(CC)CC)cc2Nc2nc(Nc3cc(N(CC)CC)c(OC)cc3N=Nc3nc(N4CCOCC4)c(/C=C(\C#N)N4C(=O)c5cccc(S(=O)(=O)O)c5C4=O)s3)nc(N(CCO)CCO)n2)nc1N1CCOCC1)N1C(=O)c2ccccc2C1=O. The van der Waals surface area contributed by atoms with Gasteiger partial charge in [0.2, 0.25) is 33.9 Å². The van der Waals surface area contributed by atoms with E-state index in [0.717, 1.165) is 33.6 Å². The fourth-order valence-electron chi connectivity index (χ4n) is 11.6. The van der Waals surface area contributed by atoms with Crippen molar-refractivity contribution >= 4 is 153 Å². The normalized spacial score (nSPS) is 14.7. The van der Waals surface area contributed by atoms with E-state index in [1.165, 1.54) is 50.6 Å². The van der Waals surface area contributed by atoms with Crippen molar-refractivity contribution < 1.29 is 73.9 Å². The Balaban J connectivity index is 0.00000288. The number of imide groups is 2. The first-order valence-electron chi connectivity index (χ1n) is 32.3. The first-order valence-corrected chi connectivity index (χ1v) is 36.4. The molecule has 40 heteroatoms. The number of azo groups is 2. The Kier molecular flexibility index (Phi) is 24.9. The van der Waals surface area contributed by atoms with Crippen molar-refractivity contribution in [3.8, 4) is 17.6 Å². The molecule has 7 aromatic rings. The third-order valence-corrected chi connectivity index (χ3v) is 19.1. The van der Waals surface area contributed by atoms with Gasteiger partial charge in [-0.15, -0.1) is 33.1 Å². The number of nitriles is 1. The Morgan fingerprint density at radius 1 is 0.657 bits per heavy atom. The van der Waals surface area contributed by atoms with Gasteiger partial charge in [0.05, 0.1) is 109 Å². The van der Waals surface area contributed by atoms with Crippen molar-refractivity contribution in [2.45, 2.75) is 32.6 Å². The van der Waals surface area contributed by atoms with Crippen LogP contribution in [0, 0.1) is 17.9 Å². The van der Waals surface area contributed by atoms with Crippen LogP contribution >= 0.6 is 22.7 Å². The Labute approximate surface area is 610 Å². The summed E-state index contributed by atoms with van der Waals surface area (Å²) in [6, 6.07) is 18.6. The maximum atomic E-state index is 13.9. The predicted octanol–water partition coefficient (Wildman–Crippen LogP) is 8.19. The number of aliphatic hydroxyl groups is 2. The summed E-state index contributed by atoms with van der Waals surface area (Å²) >= 11 is 2.04. The van der Waals surface area contributed by atoms with E-state index >= 15 is 0 Å². The zero-order chi connectivity index (χ0) is 75.2. The van der Waals surface area contributed by atoms with Crippen molar-refractivity contribution in [2.24, 2.45) is 20.5 Å². The molecule has 4 aliphatic heterocycles. The molecule has 11 rings (SSSR count). The second-order valence-corrected chi connectivity index (χ2v) is 26.2. The van der Waals surface area contributed by atoms with E-state index in [-0.39, 0.29) is 98.9 Å². The van der Waals surface area contributed by atoms with Crippen molar-refractivity contribution in [1.29, 1.82) is 5.26 Å². The maximum Gasteiger partial charge on any atom is 0.425 e. The summed E-state index contributed by atoms with van der Waals surface area (Å²) in [5.41, 5.74) is 1.26. The minimum Gasteiger partial charge on any atom is -0.494 e. The average molecular weight is 1510 g/mol. The highest BCUT2D eigenvalue weighted by Crippen LogP contribution is 2.45. The average Bonchev–Trinajstić information content (AvgIpc) is 1.60. The number of nitrogens with zero attached hydrogens (tertiary/aromatic N) is 18. The number of allylic oxidation sites excluding steroid dienone is 1. The molecule has 5 N–H and O–H groups in total. The van der Waals surface area contributed by atoms with Crippen LogP contribution in [0.15, 0.2) is 104 Å². The molecule has 0 spiro atoms. The number of carbonyl (C=O) groups excluding carboxylic acids is 4. The lowest BCUT2D eigenvalue weighted by Crippen LogP contribution is -2.36. The summed E-state index contributed by atoms with van der Waals surface area (Å²) in [7, 11) is -5.05. The smallest absolute Gasteiger partial charge is 0.425 e. The number of hydrogen-bond acceptors (Lipinski definition) is 34. The molecule has 0 atom stereocenters. The van der Waals surface area contributed by atoms with Gasteiger partial charge in [0.15, 0.2) is 0 Å². The molecule has 548 valence electrons. The fourth-order valence-corrected chi connectivity index (χ4v) is 14.0. The summed E-state index contributed by atoms with van der Waals surface area (Å²) in [4.78, 5) is 93.7. The number of fused-ring (bicyclic) bond motifs is 2. The van der Waals surface area contributed by atoms with Gasteiger partial charge in [-0.2, -0.15) is 43.5 Å². The number of nitrogens with one attached hydrogen (secondary N) is 2. The Bertz CT molecular complexity index is 4900. The lowest BCUT2D eigenvalue weighted by atomic mass is 10.1. The van der Waals surface area contributed by atoms with Gasteiger partial charge in [-0.1, -0.05) is 47.4 Å². The van der Waals surface area contributed by atoms with Crippen LogP contribution in [-0.2, 0) is 30.2 Å². The van der Waals surface area contributed by atoms with E-state index in [1.807, 2.05) is 48.5 Å². The van der Waals surface area contributed by atoms with Gasteiger partial charge < -0.3 is 69.1 Å². The largest absolute Gasteiger partial charge is 0.494 e. The van der Waals surface area contributed by atoms with E-state index in [4.69, 9.17) is 73.3 Å². The molecular formula is C65H68N20O16S4. The minimum atomic E-state index is -4.97. The number of carbonyl (C=O) groups is 4. The summed E-state index contributed by atoms with van der Waals surface area (Å²) < 4.78 is 83.3. The van der Waals surface area contributed by atoms with Crippen LogP contribution in [0.25, 0.3) is 17.0 Å². The monoisotopic (exact) mass is 1510 g/mol. The Hall–Kier alpha value is -11.3. The number of aliphatic hydroxyl groups excluding tert-OH is 2. The number of morpholine rings is 2. The Morgan fingerprint density at radius 3 is 1.52 bits per heavy atom. The van der Waals surface area contributed by atoms with Crippen LogP contribution in [0.5, 0.6) is 11.5 Å². The summed E-state index contributed by atoms with van der Waals surface area (Å²) in [5, 5.41) is 56.9. The molecule has 0 radical (unpaired) electrons. The van der Waals surface area contributed by atoms with Gasteiger partial charge in [0.1, 0.15) is 51.2 Å². The van der Waals surface area contributed by atoms with Crippen LogP contribution in [-0.4, -0.2) is 213 Å². The third-order valence-electron chi connectivity index (χ3n) is 16.5. The highest BCUT2D eigenvalue weighted by Gasteiger charge is 2.44. The fraction of sp³-hybridized carbons (Fsp3) is 0.338.